The lowest BCUT2D eigenvalue weighted by Gasteiger charge is -2.18. The van der Waals surface area contributed by atoms with Gasteiger partial charge in [-0.3, -0.25) is 14.5 Å². The van der Waals surface area contributed by atoms with Gasteiger partial charge in [0.15, 0.2) is 5.17 Å². The Hall–Kier alpha value is -3.17. The van der Waals surface area contributed by atoms with E-state index in [1.165, 1.54) is 30.2 Å². The molecule has 4 rings (SSSR count). The quantitative estimate of drug-likeness (QED) is 0.460. The summed E-state index contributed by atoms with van der Waals surface area (Å²) in [5, 5.41) is 0.228. The Labute approximate surface area is 198 Å². The number of ether oxygens (including phenoxy) is 1. The zero-order valence-corrected chi connectivity index (χ0v) is 19.2. The van der Waals surface area contributed by atoms with Crippen LogP contribution in [0.2, 0.25) is 5.02 Å². The van der Waals surface area contributed by atoms with Gasteiger partial charge >= 0.3 is 5.97 Å². The van der Waals surface area contributed by atoms with E-state index in [1.807, 2.05) is 24.3 Å². The van der Waals surface area contributed by atoms with Crippen molar-refractivity contribution in [2.45, 2.75) is 19.4 Å². The summed E-state index contributed by atoms with van der Waals surface area (Å²) in [7, 11) is 1.23. The molecule has 2 saturated heterocycles. The smallest absolute Gasteiger partial charge is 0.331 e. The molecule has 0 spiro atoms. The van der Waals surface area contributed by atoms with Crippen molar-refractivity contribution in [2.75, 3.05) is 18.6 Å². The SMILES string of the molecule is COC(=O)C=C1SC(=Nc2ccc(F)c(Cl)c2)N(Cc2ccc(N3CCCC3=O)cc2)C1=O. The van der Waals surface area contributed by atoms with Crippen LogP contribution in [-0.4, -0.2) is 41.5 Å². The highest BCUT2D eigenvalue weighted by Gasteiger charge is 2.34. The van der Waals surface area contributed by atoms with Crippen molar-refractivity contribution >= 4 is 57.7 Å². The third-order valence-electron chi connectivity index (χ3n) is 5.13. The summed E-state index contributed by atoms with van der Waals surface area (Å²) in [6.45, 7) is 0.879. The number of anilines is 1. The minimum atomic E-state index is -0.656. The number of benzene rings is 2. The lowest BCUT2D eigenvalue weighted by Crippen LogP contribution is -2.28. The average molecular weight is 488 g/mol. The number of hydrogen-bond donors (Lipinski definition) is 0. The Morgan fingerprint density at radius 1 is 1.24 bits per heavy atom. The predicted molar refractivity (Wildman–Crippen MR) is 125 cm³/mol. The van der Waals surface area contributed by atoms with E-state index in [1.54, 1.807) is 4.90 Å². The van der Waals surface area contributed by atoms with Gasteiger partial charge in [0, 0.05) is 24.7 Å². The Balaban J connectivity index is 1.62. The van der Waals surface area contributed by atoms with E-state index in [0.29, 0.717) is 23.8 Å². The molecule has 2 aliphatic heterocycles. The monoisotopic (exact) mass is 487 g/mol. The number of amides is 2. The maximum atomic E-state index is 13.5. The van der Waals surface area contributed by atoms with E-state index in [9.17, 15) is 18.8 Å². The third kappa shape index (κ3) is 5.09. The van der Waals surface area contributed by atoms with Gasteiger partial charge in [0.2, 0.25) is 5.91 Å². The summed E-state index contributed by atoms with van der Waals surface area (Å²) >= 11 is 6.87. The zero-order valence-electron chi connectivity index (χ0n) is 17.6. The molecule has 0 atom stereocenters. The number of methoxy groups -OCH3 is 1. The van der Waals surface area contributed by atoms with Gasteiger partial charge < -0.3 is 9.64 Å². The highest BCUT2D eigenvalue weighted by atomic mass is 35.5. The first-order chi connectivity index (χ1) is 15.9. The van der Waals surface area contributed by atoms with E-state index in [0.717, 1.165) is 35.5 Å². The second-order valence-corrected chi connectivity index (χ2v) is 8.75. The zero-order chi connectivity index (χ0) is 23.5. The normalized spacial score (nSPS) is 18.6. The van der Waals surface area contributed by atoms with Gasteiger partial charge in [-0.15, -0.1) is 0 Å². The number of nitrogens with zero attached hydrogens (tertiary/aromatic N) is 3. The van der Waals surface area contributed by atoms with E-state index in [2.05, 4.69) is 9.73 Å². The van der Waals surface area contributed by atoms with Gasteiger partial charge in [0.05, 0.1) is 29.3 Å². The van der Waals surface area contributed by atoms with Crippen molar-refractivity contribution in [1.82, 2.24) is 4.90 Å². The van der Waals surface area contributed by atoms with Crippen LogP contribution in [0.15, 0.2) is 58.4 Å². The average Bonchev–Trinajstić information content (AvgIpc) is 3.35. The van der Waals surface area contributed by atoms with Crippen LogP contribution in [0.4, 0.5) is 15.8 Å². The van der Waals surface area contributed by atoms with Crippen molar-refractivity contribution in [3.63, 3.8) is 0 Å². The molecule has 7 nitrogen and oxygen atoms in total. The first-order valence-electron chi connectivity index (χ1n) is 10.1. The molecule has 0 radical (unpaired) electrons. The predicted octanol–water partition coefficient (Wildman–Crippen LogP) is 4.43. The van der Waals surface area contributed by atoms with Crippen LogP contribution >= 0.6 is 23.4 Å². The minimum absolute atomic E-state index is 0.0879. The van der Waals surface area contributed by atoms with Gasteiger partial charge in [0.25, 0.3) is 5.91 Å². The standard InChI is InChI=1S/C23H19ClFN3O4S/c1-32-21(30)12-19-22(31)28(23(33-19)26-15-6-9-18(25)17(24)11-15)13-14-4-7-16(8-5-14)27-10-2-3-20(27)29/h4-9,11-12H,2-3,10,13H2,1H3. The second kappa shape index (κ2) is 9.76. The molecule has 2 aliphatic rings. The third-order valence-corrected chi connectivity index (χ3v) is 6.42. The van der Waals surface area contributed by atoms with Crippen LogP contribution in [0.1, 0.15) is 18.4 Å². The van der Waals surface area contributed by atoms with Crippen LogP contribution in [0.25, 0.3) is 0 Å². The maximum Gasteiger partial charge on any atom is 0.331 e. The second-order valence-electron chi connectivity index (χ2n) is 7.33. The number of esters is 1. The lowest BCUT2D eigenvalue weighted by molar-refractivity contribution is -0.135. The highest BCUT2D eigenvalue weighted by molar-refractivity contribution is 8.18. The molecule has 0 unspecified atom stereocenters. The van der Waals surface area contributed by atoms with Crippen LogP contribution in [0.5, 0.6) is 0 Å². The van der Waals surface area contributed by atoms with Gasteiger partial charge in [0.1, 0.15) is 5.82 Å². The molecule has 10 heteroatoms. The van der Waals surface area contributed by atoms with Crippen molar-refractivity contribution in [3.8, 4) is 0 Å². The Morgan fingerprint density at radius 2 is 2.00 bits per heavy atom. The molecule has 0 aromatic heterocycles. The number of thioether (sulfide) groups is 1. The first-order valence-corrected chi connectivity index (χ1v) is 11.3. The fraction of sp³-hybridized carbons (Fsp3) is 0.217. The first kappa shape index (κ1) is 23.0. The van der Waals surface area contributed by atoms with Crippen LogP contribution < -0.4 is 4.90 Å². The molecule has 33 heavy (non-hydrogen) atoms. The van der Waals surface area contributed by atoms with Crippen molar-refractivity contribution in [1.29, 1.82) is 0 Å². The summed E-state index contributed by atoms with van der Waals surface area (Å²) in [5.41, 5.74) is 1.98. The topological polar surface area (TPSA) is 79.3 Å². The molecular weight excluding hydrogens is 469 g/mol. The van der Waals surface area contributed by atoms with Crippen LogP contribution in [-0.2, 0) is 25.7 Å². The molecule has 2 aromatic rings. The Bertz CT molecular complexity index is 1180. The number of hydrogen-bond acceptors (Lipinski definition) is 6. The van der Waals surface area contributed by atoms with E-state index in [4.69, 9.17) is 11.6 Å². The molecule has 2 heterocycles. The van der Waals surface area contributed by atoms with Crippen LogP contribution in [0, 0.1) is 5.82 Å². The highest BCUT2D eigenvalue weighted by Crippen LogP contribution is 2.35. The summed E-state index contributed by atoms with van der Waals surface area (Å²) in [6, 6.07) is 11.4. The summed E-state index contributed by atoms with van der Waals surface area (Å²) in [6.07, 6.45) is 2.49. The van der Waals surface area contributed by atoms with Gasteiger partial charge in [-0.1, -0.05) is 23.7 Å². The van der Waals surface area contributed by atoms with E-state index >= 15 is 0 Å². The number of carbonyl (C=O) groups is 3. The fourth-order valence-electron chi connectivity index (χ4n) is 3.45. The Morgan fingerprint density at radius 3 is 2.64 bits per heavy atom. The summed E-state index contributed by atoms with van der Waals surface area (Å²) < 4.78 is 18.2. The number of amidine groups is 1. The molecule has 2 amide bonds. The van der Waals surface area contributed by atoms with E-state index < -0.39 is 17.7 Å². The molecule has 170 valence electrons. The van der Waals surface area contributed by atoms with Gasteiger partial charge in [-0.2, -0.15) is 0 Å². The molecule has 0 bridgehead atoms. The number of halogens is 2. The van der Waals surface area contributed by atoms with E-state index in [-0.39, 0.29) is 22.4 Å². The lowest BCUT2D eigenvalue weighted by atomic mass is 10.2. The fourth-order valence-corrected chi connectivity index (χ4v) is 4.58. The molecule has 2 aromatic carbocycles. The minimum Gasteiger partial charge on any atom is -0.466 e. The number of aliphatic imine (C=N–C) groups is 1. The largest absolute Gasteiger partial charge is 0.466 e. The molecular formula is C23H19ClFN3O4S. The van der Waals surface area contributed by atoms with Crippen molar-refractivity contribution < 1.29 is 23.5 Å². The van der Waals surface area contributed by atoms with Gasteiger partial charge in [-0.25, -0.2) is 14.2 Å². The molecule has 2 fully saturated rings. The summed E-state index contributed by atoms with van der Waals surface area (Å²) in [4.78, 5) is 44.5. The molecule has 0 saturated carbocycles. The van der Waals surface area contributed by atoms with Crippen LogP contribution in [0.3, 0.4) is 0 Å². The number of carbonyl (C=O) groups excluding carboxylic acids is 3. The molecule has 0 aliphatic carbocycles. The maximum absolute atomic E-state index is 13.5. The number of rotatable bonds is 5. The van der Waals surface area contributed by atoms with Crippen molar-refractivity contribution in [3.05, 3.63) is 69.8 Å². The van der Waals surface area contributed by atoms with Crippen molar-refractivity contribution in [2.24, 2.45) is 4.99 Å². The van der Waals surface area contributed by atoms with Gasteiger partial charge in [-0.05, 0) is 54.1 Å². The Kier molecular flexibility index (Phi) is 6.80. The summed E-state index contributed by atoms with van der Waals surface area (Å²) in [5.74, 6) is -1.54. The molecule has 0 N–H and O–H groups in total.